The molecular weight excluding hydrogens is 212 g/mol. The fourth-order valence-corrected chi connectivity index (χ4v) is 3.20. The summed E-state index contributed by atoms with van der Waals surface area (Å²) in [6.07, 6.45) is 3.99. The molecule has 3 nitrogen and oxygen atoms in total. The monoisotopic (exact) mass is 232 g/mol. The normalized spacial score (nSPS) is 27.9. The van der Waals surface area contributed by atoms with E-state index in [0.29, 0.717) is 12.1 Å². The van der Waals surface area contributed by atoms with Gasteiger partial charge in [0.2, 0.25) is 0 Å². The number of hydrogen-bond donors (Lipinski definition) is 1. The molecule has 0 bridgehead atoms. The average molecular weight is 232 g/mol. The lowest BCUT2D eigenvalue weighted by molar-refractivity contribution is 0.400. The van der Waals surface area contributed by atoms with Gasteiger partial charge in [-0.1, -0.05) is 6.07 Å². The zero-order valence-electron chi connectivity index (χ0n) is 10.4. The van der Waals surface area contributed by atoms with Crippen LogP contribution in [0.15, 0.2) is 24.3 Å². The SMILES string of the molecule is COc1cccc(N2CCN[C@@H]3CCC[C@H]32)c1. The number of hydrogen-bond acceptors (Lipinski definition) is 3. The molecule has 1 aliphatic carbocycles. The van der Waals surface area contributed by atoms with Gasteiger partial charge in [0.25, 0.3) is 0 Å². The first-order valence-corrected chi connectivity index (χ1v) is 6.52. The summed E-state index contributed by atoms with van der Waals surface area (Å²) >= 11 is 0. The molecule has 1 heterocycles. The van der Waals surface area contributed by atoms with Crippen LogP contribution in [0.4, 0.5) is 5.69 Å². The number of nitrogens with one attached hydrogen (secondary N) is 1. The van der Waals surface area contributed by atoms with Crippen molar-refractivity contribution in [3.05, 3.63) is 24.3 Å². The van der Waals surface area contributed by atoms with Crippen molar-refractivity contribution in [3.63, 3.8) is 0 Å². The van der Waals surface area contributed by atoms with Crippen molar-refractivity contribution >= 4 is 5.69 Å². The van der Waals surface area contributed by atoms with Gasteiger partial charge in [-0.2, -0.15) is 0 Å². The van der Waals surface area contributed by atoms with Gasteiger partial charge in [0.1, 0.15) is 5.75 Å². The van der Waals surface area contributed by atoms with Gasteiger partial charge < -0.3 is 15.0 Å². The third-order valence-corrected chi connectivity index (χ3v) is 4.02. The van der Waals surface area contributed by atoms with E-state index < -0.39 is 0 Å². The lowest BCUT2D eigenvalue weighted by Crippen LogP contribution is -2.55. The maximum atomic E-state index is 5.31. The Kier molecular flexibility index (Phi) is 2.93. The number of methoxy groups -OCH3 is 1. The zero-order chi connectivity index (χ0) is 11.7. The van der Waals surface area contributed by atoms with Gasteiger partial charge in [0, 0.05) is 36.9 Å². The van der Waals surface area contributed by atoms with Gasteiger partial charge in [0.05, 0.1) is 7.11 Å². The Morgan fingerprint density at radius 1 is 1.35 bits per heavy atom. The van der Waals surface area contributed by atoms with Crippen LogP contribution in [0.25, 0.3) is 0 Å². The van der Waals surface area contributed by atoms with Crippen LogP contribution >= 0.6 is 0 Å². The van der Waals surface area contributed by atoms with Crippen molar-refractivity contribution in [2.45, 2.75) is 31.3 Å². The van der Waals surface area contributed by atoms with Gasteiger partial charge in [-0.25, -0.2) is 0 Å². The van der Waals surface area contributed by atoms with Crippen LogP contribution < -0.4 is 15.0 Å². The van der Waals surface area contributed by atoms with E-state index in [1.54, 1.807) is 7.11 Å². The van der Waals surface area contributed by atoms with Crippen LogP contribution in [0.3, 0.4) is 0 Å². The summed E-state index contributed by atoms with van der Waals surface area (Å²) in [6.45, 7) is 2.20. The molecule has 2 aliphatic rings. The van der Waals surface area contributed by atoms with Crippen LogP contribution in [0.5, 0.6) is 5.75 Å². The molecule has 0 amide bonds. The van der Waals surface area contributed by atoms with E-state index in [0.717, 1.165) is 18.8 Å². The van der Waals surface area contributed by atoms with Crippen LogP contribution in [0.2, 0.25) is 0 Å². The number of rotatable bonds is 2. The molecule has 3 rings (SSSR count). The predicted molar refractivity (Wildman–Crippen MR) is 69.8 cm³/mol. The maximum absolute atomic E-state index is 5.31. The Hall–Kier alpha value is -1.22. The molecule has 0 spiro atoms. The Labute approximate surface area is 103 Å². The van der Waals surface area contributed by atoms with E-state index in [4.69, 9.17) is 4.74 Å². The minimum Gasteiger partial charge on any atom is -0.497 e. The number of nitrogens with zero attached hydrogens (tertiary/aromatic N) is 1. The number of piperazine rings is 1. The van der Waals surface area contributed by atoms with Crippen LogP contribution in [-0.2, 0) is 0 Å². The Balaban J connectivity index is 1.86. The van der Waals surface area contributed by atoms with Crippen molar-refractivity contribution < 1.29 is 4.74 Å². The standard InChI is InChI=1S/C14H20N2O/c1-17-12-5-2-4-11(10-12)16-9-8-15-13-6-3-7-14(13)16/h2,4-5,10,13-15H,3,6-9H2,1H3/t13-,14-/m1/s1. The molecule has 0 unspecified atom stereocenters. The second-order valence-electron chi connectivity index (χ2n) is 4.95. The Bertz CT molecular complexity index is 394. The number of fused-ring (bicyclic) bond motifs is 1. The van der Waals surface area contributed by atoms with E-state index in [1.165, 1.54) is 24.9 Å². The second kappa shape index (κ2) is 4.57. The molecule has 1 saturated carbocycles. The van der Waals surface area contributed by atoms with Crippen LogP contribution in [0, 0.1) is 0 Å². The van der Waals surface area contributed by atoms with E-state index in [1.807, 2.05) is 6.07 Å². The van der Waals surface area contributed by atoms with E-state index in [2.05, 4.69) is 28.4 Å². The second-order valence-corrected chi connectivity index (χ2v) is 4.95. The van der Waals surface area contributed by atoms with Gasteiger partial charge in [0.15, 0.2) is 0 Å². The van der Waals surface area contributed by atoms with E-state index >= 15 is 0 Å². The Morgan fingerprint density at radius 3 is 3.18 bits per heavy atom. The summed E-state index contributed by atoms with van der Waals surface area (Å²) in [5.41, 5.74) is 1.31. The lowest BCUT2D eigenvalue weighted by atomic mass is 10.1. The maximum Gasteiger partial charge on any atom is 0.120 e. The topological polar surface area (TPSA) is 24.5 Å². The molecule has 17 heavy (non-hydrogen) atoms. The molecule has 2 atom stereocenters. The minimum absolute atomic E-state index is 0.677. The molecule has 1 N–H and O–H groups in total. The highest BCUT2D eigenvalue weighted by molar-refractivity contribution is 5.52. The average Bonchev–Trinajstić information content (AvgIpc) is 2.87. The summed E-state index contributed by atoms with van der Waals surface area (Å²) in [7, 11) is 1.73. The summed E-state index contributed by atoms with van der Waals surface area (Å²) in [5, 5.41) is 3.64. The van der Waals surface area contributed by atoms with Crippen LogP contribution in [-0.4, -0.2) is 32.3 Å². The summed E-state index contributed by atoms with van der Waals surface area (Å²) < 4.78 is 5.31. The van der Waals surface area contributed by atoms with Crippen molar-refractivity contribution in [3.8, 4) is 5.75 Å². The summed E-state index contributed by atoms with van der Waals surface area (Å²) in [6, 6.07) is 9.81. The fraction of sp³-hybridized carbons (Fsp3) is 0.571. The van der Waals surface area contributed by atoms with Gasteiger partial charge >= 0.3 is 0 Å². The first-order valence-electron chi connectivity index (χ1n) is 6.52. The Morgan fingerprint density at radius 2 is 2.29 bits per heavy atom. The molecular formula is C14H20N2O. The number of anilines is 1. The van der Waals surface area contributed by atoms with Gasteiger partial charge in [-0.15, -0.1) is 0 Å². The first-order chi connectivity index (χ1) is 8.38. The third-order valence-electron chi connectivity index (χ3n) is 4.02. The van der Waals surface area contributed by atoms with Crippen LogP contribution in [0.1, 0.15) is 19.3 Å². The third kappa shape index (κ3) is 2.00. The van der Waals surface area contributed by atoms with Gasteiger partial charge in [-0.3, -0.25) is 0 Å². The molecule has 2 fully saturated rings. The molecule has 1 saturated heterocycles. The fourth-order valence-electron chi connectivity index (χ4n) is 3.20. The minimum atomic E-state index is 0.677. The van der Waals surface area contributed by atoms with Crippen molar-refractivity contribution in [2.75, 3.05) is 25.1 Å². The van der Waals surface area contributed by atoms with E-state index in [9.17, 15) is 0 Å². The largest absolute Gasteiger partial charge is 0.497 e. The highest BCUT2D eigenvalue weighted by atomic mass is 16.5. The highest BCUT2D eigenvalue weighted by Crippen LogP contribution is 2.31. The number of ether oxygens (including phenoxy) is 1. The molecule has 92 valence electrons. The molecule has 0 aromatic heterocycles. The van der Waals surface area contributed by atoms with Gasteiger partial charge in [-0.05, 0) is 31.4 Å². The van der Waals surface area contributed by atoms with E-state index in [-0.39, 0.29) is 0 Å². The number of benzene rings is 1. The summed E-state index contributed by atoms with van der Waals surface area (Å²) in [4.78, 5) is 2.55. The molecule has 3 heteroatoms. The lowest BCUT2D eigenvalue weighted by Gasteiger charge is -2.40. The zero-order valence-corrected chi connectivity index (χ0v) is 10.4. The molecule has 1 aromatic carbocycles. The molecule has 1 aromatic rings. The van der Waals surface area contributed by atoms with Crippen molar-refractivity contribution in [1.29, 1.82) is 0 Å². The molecule has 1 aliphatic heterocycles. The summed E-state index contributed by atoms with van der Waals surface area (Å²) in [5.74, 6) is 0.954. The van der Waals surface area contributed by atoms with Crippen molar-refractivity contribution in [1.82, 2.24) is 5.32 Å². The quantitative estimate of drug-likeness (QED) is 0.844. The van der Waals surface area contributed by atoms with Crippen molar-refractivity contribution in [2.24, 2.45) is 0 Å². The molecule has 0 radical (unpaired) electrons. The highest BCUT2D eigenvalue weighted by Gasteiger charge is 2.34. The smallest absolute Gasteiger partial charge is 0.120 e. The first kappa shape index (κ1) is 10.9. The predicted octanol–water partition coefficient (Wildman–Crippen LogP) is 2.03.